The lowest BCUT2D eigenvalue weighted by atomic mass is 10.2. The average Bonchev–Trinajstić information content (AvgIpc) is 3.64. The van der Waals surface area contributed by atoms with Gasteiger partial charge in [-0.2, -0.15) is 26.3 Å². The first kappa shape index (κ1) is 45.9. The number of hydrogen-bond acceptors (Lipinski definition) is 5. The van der Waals surface area contributed by atoms with Crippen molar-refractivity contribution >= 4 is 46.6 Å². The molecule has 2 N–H and O–H groups in total. The van der Waals surface area contributed by atoms with Gasteiger partial charge in [-0.15, -0.1) is 23.5 Å². The molecule has 2 aromatic heterocycles. The number of benzene rings is 2. The molecule has 17 heteroatoms. The van der Waals surface area contributed by atoms with Crippen LogP contribution in [0.4, 0.5) is 46.5 Å². The van der Waals surface area contributed by atoms with Crippen molar-refractivity contribution in [1.82, 2.24) is 18.9 Å². The van der Waals surface area contributed by atoms with Crippen molar-refractivity contribution in [3.8, 4) is 0 Å². The molecule has 2 heterocycles. The molecule has 0 aliphatic carbocycles. The molecule has 288 valence electrons. The highest BCUT2D eigenvalue weighted by Gasteiger charge is 2.28. The van der Waals surface area contributed by atoms with E-state index in [0.29, 0.717) is 50.3 Å². The zero-order chi connectivity index (χ0) is 38.8. The van der Waals surface area contributed by atoms with E-state index in [1.54, 1.807) is 51.8 Å². The second-order valence-electron chi connectivity index (χ2n) is 11.6. The van der Waals surface area contributed by atoms with Crippen LogP contribution in [0.15, 0.2) is 75.7 Å². The fourth-order valence-corrected chi connectivity index (χ4v) is 5.75. The SMILES string of the molecule is C.CN(C)C(=O)c1cccn1C.Cc1cc(F)c(N)cc1SCC(F)(F)F.Cc1cc(F)c(N=C(c2cccn2C)N(C)C)cc1SCC(F)(F)F. The van der Waals surface area contributed by atoms with E-state index < -0.39 is 35.5 Å². The first-order chi connectivity index (χ1) is 23.5. The van der Waals surface area contributed by atoms with Crippen molar-refractivity contribution < 1.29 is 39.9 Å². The minimum atomic E-state index is -4.28. The third kappa shape index (κ3) is 14.5. The van der Waals surface area contributed by atoms with Gasteiger partial charge in [0.1, 0.15) is 23.0 Å². The Balaban J connectivity index is 0.000000426. The van der Waals surface area contributed by atoms with Gasteiger partial charge in [0.05, 0.1) is 22.9 Å². The number of aryl methyl sites for hydroxylation is 4. The van der Waals surface area contributed by atoms with Crippen molar-refractivity contribution in [1.29, 1.82) is 0 Å². The number of nitrogens with two attached hydrogens (primary N) is 1. The van der Waals surface area contributed by atoms with Gasteiger partial charge in [0, 0.05) is 64.5 Å². The summed E-state index contributed by atoms with van der Waals surface area (Å²) in [4.78, 5) is 19.7. The number of halogens is 8. The van der Waals surface area contributed by atoms with Gasteiger partial charge < -0.3 is 24.7 Å². The van der Waals surface area contributed by atoms with E-state index in [0.717, 1.165) is 17.5 Å². The second kappa shape index (κ2) is 19.6. The average molecular weight is 781 g/mol. The van der Waals surface area contributed by atoms with Crippen molar-refractivity contribution in [2.75, 3.05) is 45.4 Å². The first-order valence-electron chi connectivity index (χ1n) is 15.0. The van der Waals surface area contributed by atoms with Crippen LogP contribution in [-0.4, -0.2) is 82.7 Å². The summed E-state index contributed by atoms with van der Waals surface area (Å²) in [6.07, 6.45) is -4.83. The van der Waals surface area contributed by atoms with Crippen LogP contribution >= 0.6 is 23.5 Å². The number of anilines is 1. The Morgan fingerprint density at radius 1 is 0.750 bits per heavy atom. The number of carbonyl (C=O) groups excluding carboxylic acids is 1. The molecule has 0 bridgehead atoms. The predicted molar refractivity (Wildman–Crippen MR) is 196 cm³/mol. The van der Waals surface area contributed by atoms with E-state index in [-0.39, 0.29) is 24.7 Å². The molecular formula is C35H44F8N6OS2. The number of nitrogen functional groups attached to an aromatic ring is 1. The number of amidine groups is 1. The summed E-state index contributed by atoms with van der Waals surface area (Å²) in [5.41, 5.74) is 7.54. The Labute approximate surface area is 307 Å². The van der Waals surface area contributed by atoms with Crippen LogP contribution in [0.2, 0.25) is 0 Å². The zero-order valence-electron chi connectivity index (χ0n) is 29.2. The molecule has 0 atom stereocenters. The van der Waals surface area contributed by atoms with Crippen molar-refractivity contribution in [3.05, 3.63) is 95.1 Å². The van der Waals surface area contributed by atoms with Gasteiger partial charge in [0.15, 0.2) is 5.84 Å². The summed E-state index contributed by atoms with van der Waals surface area (Å²) in [5, 5.41) is 0. The smallest absolute Gasteiger partial charge is 0.396 e. The van der Waals surface area contributed by atoms with Gasteiger partial charge in [-0.05, 0) is 73.5 Å². The fraction of sp³-hybridized carbons (Fsp3) is 0.371. The molecule has 0 saturated carbocycles. The molecule has 0 unspecified atom stereocenters. The second-order valence-corrected chi connectivity index (χ2v) is 13.6. The van der Waals surface area contributed by atoms with Gasteiger partial charge in [0.25, 0.3) is 5.91 Å². The maximum absolute atomic E-state index is 14.3. The Kier molecular flexibility index (Phi) is 17.3. The molecule has 0 aliphatic rings. The Hall–Kier alpha value is -4.12. The summed E-state index contributed by atoms with van der Waals surface area (Å²) in [6.45, 7) is 3.13. The molecule has 52 heavy (non-hydrogen) atoms. The Morgan fingerprint density at radius 2 is 1.19 bits per heavy atom. The summed E-state index contributed by atoms with van der Waals surface area (Å²) in [7, 11) is 10.7. The molecule has 0 aliphatic heterocycles. The van der Waals surface area contributed by atoms with Gasteiger partial charge in [-0.1, -0.05) is 7.43 Å². The number of aromatic nitrogens is 2. The summed E-state index contributed by atoms with van der Waals surface area (Å²) >= 11 is 1.24. The fourth-order valence-electron chi connectivity index (χ4n) is 4.13. The Morgan fingerprint density at radius 3 is 1.60 bits per heavy atom. The van der Waals surface area contributed by atoms with Crippen LogP contribution in [0.5, 0.6) is 0 Å². The molecule has 0 saturated heterocycles. The maximum atomic E-state index is 14.3. The number of rotatable bonds is 7. The van der Waals surface area contributed by atoms with Crippen molar-refractivity contribution in [2.45, 2.75) is 43.4 Å². The standard InChI is InChI=1S/C17H19F4N3S.C9H9F4NS.C8H12N2O.CH4/c1-11-8-12(18)13(9-15(11)25-10-17(19,20)21)22-16(23(2)3)14-6-5-7-24(14)4;1-5-2-6(10)7(14)3-8(5)15-4-9(11,12)13;1-9(2)8(11)7-5-4-6-10(7)3;/h5-9H,10H2,1-4H3;2-3H,4,14H2,1H3;4-6H,1-3H3;1H4. The summed E-state index contributed by atoms with van der Waals surface area (Å²) in [6, 6.07) is 12.3. The largest absolute Gasteiger partial charge is 0.398 e. The number of hydrogen-bond donors (Lipinski definition) is 1. The topological polar surface area (TPSA) is 71.8 Å². The minimum Gasteiger partial charge on any atom is -0.396 e. The molecular weight excluding hydrogens is 737 g/mol. The van der Waals surface area contributed by atoms with Crippen LogP contribution in [-0.2, 0) is 14.1 Å². The minimum absolute atomic E-state index is 0. The molecule has 2 aromatic carbocycles. The number of thioether (sulfide) groups is 2. The van der Waals surface area contributed by atoms with Gasteiger partial charge in [-0.3, -0.25) is 4.79 Å². The van der Waals surface area contributed by atoms with E-state index >= 15 is 0 Å². The molecule has 4 aromatic rings. The quantitative estimate of drug-likeness (QED) is 0.0666. The summed E-state index contributed by atoms with van der Waals surface area (Å²) in [5.74, 6) is -2.65. The normalized spacial score (nSPS) is 11.5. The first-order valence-corrected chi connectivity index (χ1v) is 16.9. The predicted octanol–water partition coefficient (Wildman–Crippen LogP) is 9.50. The lowest BCUT2D eigenvalue weighted by molar-refractivity contribution is -0.106. The lowest BCUT2D eigenvalue weighted by Crippen LogP contribution is -2.25. The van der Waals surface area contributed by atoms with E-state index in [4.69, 9.17) is 5.73 Å². The van der Waals surface area contributed by atoms with Crippen LogP contribution in [0.3, 0.4) is 0 Å². The van der Waals surface area contributed by atoms with E-state index in [1.807, 2.05) is 59.9 Å². The third-order valence-corrected chi connectivity index (χ3v) is 9.16. The van der Waals surface area contributed by atoms with E-state index in [1.165, 1.54) is 18.2 Å². The van der Waals surface area contributed by atoms with E-state index in [9.17, 15) is 39.9 Å². The number of aliphatic imine (C=N–C) groups is 1. The van der Waals surface area contributed by atoms with E-state index in [2.05, 4.69) is 4.99 Å². The molecule has 0 spiro atoms. The highest BCUT2D eigenvalue weighted by Crippen LogP contribution is 2.34. The van der Waals surface area contributed by atoms with Gasteiger partial charge >= 0.3 is 12.4 Å². The van der Waals surface area contributed by atoms with Crippen molar-refractivity contribution in [3.63, 3.8) is 0 Å². The maximum Gasteiger partial charge on any atom is 0.398 e. The van der Waals surface area contributed by atoms with Gasteiger partial charge in [0.2, 0.25) is 0 Å². The third-order valence-electron chi connectivity index (χ3n) is 6.71. The zero-order valence-corrected chi connectivity index (χ0v) is 30.9. The lowest BCUT2D eigenvalue weighted by Gasteiger charge is -2.17. The van der Waals surface area contributed by atoms with Gasteiger partial charge in [-0.25, -0.2) is 13.8 Å². The number of carbonyl (C=O) groups is 1. The van der Waals surface area contributed by atoms with Crippen LogP contribution in [0, 0.1) is 25.5 Å². The molecule has 1 amide bonds. The number of nitrogens with zero attached hydrogens (tertiary/aromatic N) is 5. The highest BCUT2D eigenvalue weighted by atomic mass is 32.2. The number of alkyl halides is 6. The van der Waals surface area contributed by atoms with Crippen LogP contribution < -0.4 is 5.73 Å². The number of amides is 1. The highest BCUT2D eigenvalue weighted by molar-refractivity contribution is 7.99. The Bertz CT molecular complexity index is 1800. The van der Waals surface area contributed by atoms with Crippen LogP contribution in [0.1, 0.15) is 34.7 Å². The molecule has 0 fully saturated rings. The molecule has 7 nitrogen and oxygen atoms in total. The monoisotopic (exact) mass is 780 g/mol. The van der Waals surface area contributed by atoms with Crippen molar-refractivity contribution in [2.24, 2.45) is 19.1 Å². The molecule has 0 radical (unpaired) electrons. The van der Waals surface area contributed by atoms with Crippen LogP contribution in [0.25, 0.3) is 0 Å². The molecule has 4 rings (SSSR count). The summed E-state index contributed by atoms with van der Waals surface area (Å²) < 4.78 is 104.